The summed E-state index contributed by atoms with van der Waals surface area (Å²) in [5.41, 5.74) is 12.2. The maximum absolute atomic E-state index is 9.79. The minimum atomic E-state index is -0.258. The van der Waals surface area contributed by atoms with Crippen LogP contribution in [0, 0.1) is 0 Å². The van der Waals surface area contributed by atoms with E-state index in [4.69, 9.17) is 16.2 Å². The van der Waals surface area contributed by atoms with E-state index >= 15 is 0 Å². The van der Waals surface area contributed by atoms with Crippen molar-refractivity contribution in [2.75, 3.05) is 11.1 Å². The first-order chi connectivity index (χ1) is 10.1. The zero-order valence-electron chi connectivity index (χ0n) is 11.7. The number of carbonyl (C=O) groups excluding carboxylic acids is 1. The van der Waals surface area contributed by atoms with Crippen LogP contribution in [0.5, 0.6) is 5.75 Å². The van der Waals surface area contributed by atoms with Gasteiger partial charge >= 0.3 is 0 Å². The fourth-order valence-corrected chi connectivity index (χ4v) is 1.79. The molecule has 21 heavy (non-hydrogen) atoms. The summed E-state index contributed by atoms with van der Waals surface area (Å²) in [5.74, 6) is 0.583. The molecule has 0 aliphatic rings. The van der Waals surface area contributed by atoms with Crippen molar-refractivity contribution in [1.82, 2.24) is 0 Å². The minimum Gasteiger partial charge on any atom is -0.489 e. The summed E-state index contributed by atoms with van der Waals surface area (Å²) in [5, 5.41) is 0.669. The Morgan fingerprint density at radius 2 is 1.67 bits per heavy atom. The Balaban J connectivity index is 0.000000315. The molecular formula is C16H19BrN2O2. The molecule has 0 bridgehead atoms. The highest BCUT2D eigenvalue weighted by Crippen LogP contribution is 2.14. The molecule has 0 aliphatic heterocycles. The molecule has 0 fully saturated rings. The van der Waals surface area contributed by atoms with Crippen molar-refractivity contribution in [3.05, 3.63) is 60.2 Å². The standard InChI is InChI=1S/C13H13NO.C3H6BrNO/c14-12-6-8-13(9-7-12)15-10-11-4-2-1-3-5-11;4-2-1-3(5)6/h1-9H,10,14H2;1-2H2,(H2,5,6). The van der Waals surface area contributed by atoms with Crippen molar-refractivity contribution >= 4 is 27.5 Å². The Hall–Kier alpha value is -2.01. The second-order valence-electron chi connectivity index (χ2n) is 4.25. The quantitative estimate of drug-likeness (QED) is 0.642. The van der Waals surface area contributed by atoms with Crippen LogP contribution in [0.2, 0.25) is 0 Å². The molecule has 2 aromatic carbocycles. The first-order valence-corrected chi connectivity index (χ1v) is 7.60. The van der Waals surface area contributed by atoms with Gasteiger partial charge in [0.1, 0.15) is 12.4 Å². The zero-order chi connectivity index (χ0) is 15.5. The molecule has 0 saturated carbocycles. The van der Waals surface area contributed by atoms with Gasteiger partial charge in [0.2, 0.25) is 5.91 Å². The number of ether oxygens (including phenoxy) is 1. The summed E-state index contributed by atoms with van der Waals surface area (Å²) in [6.07, 6.45) is 0.431. The smallest absolute Gasteiger partial charge is 0.218 e. The van der Waals surface area contributed by atoms with Crippen molar-refractivity contribution in [3.8, 4) is 5.75 Å². The van der Waals surface area contributed by atoms with Crippen molar-refractivity contribution in [3.63, 3.8) is 0 Å². The van der Waals surface area contributed by atoms with Gasteiger partial charge in [-0.15, -0.1) is 0 Å². The van der Waals surface area contributed by atoms with E-state index in [0.717, 1.165) is 17.0 Å². The van der Waals surface area contributed by atoms with E-state index < -0.39 is 0 Å². The van der Waals surface area contributed by atoms with Gasteiger partial charge < -0.3 is 16.2 Å². The molecule has 0 aliphatic carbocycles. The topological polar surface area (TPSA) is 78.3 Å². The van der Waals surface area contributed by atoms with E-state index in [1.54, 1.807) is 0 Å². The number of primary amides is 1. The van der Waals surface area contributed by atoms with Crippen LogP contribution in [-0.2, 0) is 11.4 Å². The highest BCUT2D eigenvalue weighted by Gasteiger charge is 1.94. The van der Waals surface area contributed by atoms with Crippen molar-refractivity contribution in [1.29, 1.82) is 0 Å². The number of hydrogen-bond donors (Lipinski definition) is 2. The van der Waals surface area contributed by atoms with Crippen LogP contribution in [0.1, 0.15) is 12.0 Å². The lowest BCUT2D eigenvalue weighted by molar-refractivity contribution is -0.117. The second kappa shape index (κ2) is 9.83. The average Bonchev–Trinajstić information content (AvgIpc) is 2.48. The summed E-state index contributed by atoms with van der Waals surface area (Å²) in [7, 11) is 0. The van der Waals surface area contributed by atoms with Crippen molar-refractivity contribution in [2.24, 2.45) is 5.73 Å². The van der Waals surface area contributed by atoms with E-state index in [1.165, 1.54) is 0 Å². The molecule has 4 N–H and O–H groups in total. The van der Waals surface area contributed by atoms with Gasteiger partial charge in [-0.1, -0.05) is 46.3 Å². The molecule has 0 heterocycles. The SMILES string of the molecule is NC(=O)CCBr.Nc1ccc(OCc2ccccc2)cc1. The molecule has 0 atom stereocenters. The lowest BCUT2D eigenvalue weighted by Gasteiger charge is -2.05. The third-order valence-corrected chi connectivity index (χ3v) is 2.87. The number of halogens is 1. The Morgan fingerprint density at radius 3 is 2.14 bits per heavy atom. The summed E-state index contributed by atoms with van der Waals surface area (Å²) >= 11 is 3.05. The molecule has 2 aromatic rings. The van der Waals surface area contributed by atoms with Crippen molar-refractivity contribution in [2.45, 2.75) is 13.0 Å². The van der Waals surface area contributed by atoms with Gasteiger partial charge in [-0.2, -0.15) is 0 Å². The predicted molar refractivity (Wildman–Crippen MR) is 89.2 cm³/mol. The number of carbonyl (C=O) groups is 1. The van der Waals surface area contributed by atoms with Crippen LogP contribution in [0.4, 0.5) is 5.69 Å². The Morgan fingerprint density at radius 1 is 1.05 bits per heavy atom. The van der Waals surface area contributed by atoms with Crippen LogP contribution >= 0.6 is 15.9 Å². The molecule has 5 heteroatoms. The largest absolute Gasteiger partial charge is 0.489 e. The summed E-state index contributed by atoms with van der Waals surface area (Å²) in [4.78, 5) is 9.79. The molecule has 0 radical (unpaired) electrons. The number of hydrogen-bond acceptors (Lipinski definition) is 3. The van der Waals surface area contributed by atoms with E-state index in [-0.39, 0.29) is 5.91 Å². The van der Waals surface area contributed by atoms with Gasteiger partial charge in [-0.25, -0.2) is 0 Å². The number of benzene rings is 2. The normalized spacial score (nSPS) is 9.38. The molecule has 0 spiro atoms. The monoisotopic (exact) mass is 350 g/mol. The summed E-state index contributed by atoms with van der Waals surface area (Å²) in [6.45, 7) is 0.588. The number of alkyl halides is 1. The molecule has 112 valence electrons. The predicted octanol–water partition coefficient (Wildman–Crippen LogP) is 3.10. The third kappa shape index (κ3) is 7.99. The van der Waals surface area contributed by atoms with E-state index in [1.807, 2.05) is 54.6 Å². The van der Waals surface area contributed by atoms with Gasteiger partial charge in [0, 0.05) is 17.4 Å². The number of nitrogens with two attached hydrogens (primary N) is 2. The fraction of sp³-hybridized carbons (Fsp3) is 0.188. The van der Waals surface area contributed by atoms with Gasteiger partial charge in [0.05, 0.1) is 0 Å². The Bertz CT molecular complexity index is 530. The van der Waals surface area contributed by atoms with Crippen LogP contribution < -0.4 is 16.2 Å². The first kappa shape index (κ1) is 17.0. The molecule has 0 unspecified atom stereocenters. The number of anilines is 1. The number of amides is 1. The molecular weight excluding hydrogens is 332 g/mol. The lowest BCUT2D eigenvalue weighted by atomic mass is 10.2. The minimum absolute atomic E-state index is 0.258. The molecule has 0 aromatic heterocycles. The van der Waals surface area contributed by atoms with E-state index in [9.17, 15) is 4.79 Å². The third-order valence-electron chi connectivity index (χ3n) is 2.47. The lowest BCUT2D eigenvalue weighted by Crippen LogP contribution is -2.09. The number of rotatable bonds is 5. The van der Waals surface area contributed by atoms with Gasteiger partial charge in [-0.3, -0.25) is 4.79 Å². The van der Waals surface area contributed by atoms with Gasteiger partial charge in [0.25, 0.3) is 0 Å². The van der Waals surface area contributed by atoms with E-state index in [2.05, 4.69) is 15.9 Å². The Labute approximate surface area is 133 Å². The fourth-order valence-electron chi connectivity index (χ4n) is 1.40. The molecule has 4 nitrogen and oxygen atoms in total. The highest BCUT2D eigenvalue weighted by molar-refractivity contribution is 9.09. The van der Waals surface area contributed by atoms with Crippen LogP contribution in [0.25, 0.3) is 0 Å². The van der Waals surface area contributed by atoms with Gasteiger partial charge in [-0.05, 0) is 29.8 Å². The Kier molecular flexibility index (Phi) is 7.97. The maximum atomic E-state index is 9.79. The van der Waals surface area contributed by atoms with E-state index in [0.29, 0.717) is 18.4 Å². The maximum Gasteiger partial charge on any atom is 0.218 e. The van der Waals surface area contributed by atoms with Crippen LogP contribution in [-0.4, -0.2) is 11.2 Å². The number of nitrogen functional groups attached to an aromatic ring is 1. The van der Waals surface area contributed by atoms with Crippen LogP contribution in [0.15, 0.2) is 54.6 Å². The molecule has 1 amide bonds. The second-order valence-corrected chi connectivity index (χ2v) is 5.04. The first-order valence-electron chi connectivity index (χ1n) is 6.48. The molecule has 2 rings (SSSR count). The van der Waals surface area contributed by atoms with Crippen LogP contribution in [0.3, 0.4) is 0 Å². The summed E-state index contributed by atoms with van der Waals surface area (Å²) in [6, 6.07) is 17.5. The average molecular weight is 351 g/mol. The zero-order valence-corrected chi connectivity index (χ0v) is 13.3. The van der Waals surface area contributed by atoms with Gasteiger partial charge in [0.15, 0.2) is 0 Å². The molecule has 0 saturated heterocycles. The summed E-state index contributed by atoms with van der Waals surface area (Å²) < 4.78 is 5.59. The highest BCUT2D eigenvalue weighted by atomic mass is 79.9. The van der Waals surface area contributed by atoms with Crippen molar-refractivity contribution < 1.29 is 9.53 Å².